The summed E-state index contributed by atoms with van der Waals surface area (Å²) in [6, 6.07) is 5.13. The number of aryl methyl sites for hydroxylation is 5. The molecule has 1 amide bonds. The molecule has 0 spiro atoms. The van der Waals surface area contributed by atoms with Crippen LogP contribution in [0.5, 0.6) is 0 Å². The fourth-order valence-corrected chi connectivity index (χ4v) is 10.4. The molecule has 6 unspecified atom stereocenters. The Morgan fingerprint density at radius 3 is 1.42 bits per heavy atom. The van der Waals surface area contributed by atoms with Crippen LogP contribution in [0.15, 0.2) is 84.3 Å². The second-order valence-electron chi connectivity index (χ2n) is 24.7. The van der Waals surface area contributed by atoms with Crippen LogP contribution < -0.4 is 16.6 Å². The molecule has 0 aliphatic carbocycles. The number of hydrogen-bond donors (Lipinski definition) is 4. The summed E-state index contributed by atoms with van der Waals surface area (Å²) in [5.41, 5.74) is 11.0. The van der Waals surface area contributed by atoms with Crippen LogP contribution in [0.2, 0.25) is 0 Å². The van der Waals surface area contributed by atoms with Gasteiger partial charge in [-0.05, 0) is 183 Å². The van der Waals surface area contributed by atoms with Crippen molar-refractivity contribution in [1.29, 1.82) is 0 Å². The Labute approximate surface area is 738 Å². The molecule has 1 aliphatic heterocycles. The number of fused-ring (bicyclic) bond motifs is 2. The molecule has 6 atom stereocenters. The molecule has 0 aromatic carbocycles. The third-order valence-electron chi connectivity index (χ3n) is 15.7. The summed E-state index contributed by atoms with van der Waals surface area (Å²) in [5.74, 6) is -7.31. The monoisotopic (exact) mass is 1820 g/mol. The maximum Gasteiger partial charge on any atom is 0.413 e. The highest BCUT2D eigenvalue weighted by Gasteiger charge is 2.44. The van der Waals surface area contributed by atoms with Gasteiger partial charge in [0.1, 0.15) is 40.0 Å². The fraction of sp³-hybridized carbons (Fsp3) is 0.543. The Bertz CT molecular complexity index is 4560. The predicted molar refractivity (Wildman–Crippen MR) is 451 cm³/mol. The van der Waals surface area contributed by atoms with Crippen LogP contribution in [0.25, 0.3) is 5.52 Å². The molecule has 6 aromatic rings. The summed E-state index contributed by atoms with van der Waals surface area (Å²) >= 11 is 0. The minimum absolute atomic E-state index is 0.00339. The van der Waals surface area contributed by atoms with E-state index in [9.17, 15) is 92.7 Å². The molecule has 7 heterocycles. The largest absolute Gasteiger partial charge is 0.494 e. The summed E-state index contributed by atoms with van der Waals surface area (Å²) in [6.07, 6.45) is 7.91. The van der Waals surface area contributed by atoms with E-state index in [1.165, 1.54) is 50.5 Å². The number of aromatic nitrogens is 6. The zero-order chi connectivity index (χ0) is 98.0. The highest BCUT2D eigenvalue weighted by molar-refractivity contribution is 5.98. The molecule has 6 aromatic heterocycles. The molecular formula is C81H121N11O36. The first-order chi connectivity index (χ1) is 60.6. The van der Waals surface area contributed by atoms with Crippen molar-refractivity contribution in [3.05, 3.63) is 176 Å². The summed E-state index contributed by atoms with van der Waals surface area (Å²) in [7, 11) is 3.85. The Morgan fingerprint density at radius 2 is 1.00 bits per heavy atom. The molecule has 1 aliphatic rings. The van der Waals surface area contributed by atoms with E-state index in [0.29, 0.717) is 66.8 Å². The molecule has 0 fully saturated rings. The second kappa shape index (κ2) is 64.6. The van der Waals surface area contributed by atoms with Crippen LogP contribution >= 0.6 is 0 Å². The van der Waals surface area contributed by atoms with Crippen molar-refractivity contribution < 1.29 is 153 Å². The average Bonchev–Trinajstić information content (AvgIpc) is 1.59. The third kappa shape index (κ3) is 40.5. The van der Waals surface area contributed by atoms with E-state index in [1.54, 1.807) is 128 Å². The van der Waals surface area contributed by atoms with Crippen LogP contribution in [0.1, 0.15) is 203 Å². The first kappa shape index (κ1) is 117. The maximum absolute atomic E-state index is 12.0. The predicted octanol–water partition coefficient (Wildman–Crippen LogP) is 7.57. The standard InChI is InChI=1S/C14H20N2O7.C14H22N2O5.C13H18N2O4.C11H12N2O3.C7H11NO5.C7H9NO2.C7H16O3.C4H7NO4.C4H6O3/c1-5-22-12(11(16(19)20)14(18)23-6-2)15-8-7-9(3)10(15)13(17)21-4;1-5-20-12(10(15)13(17)21-6-2)16-8-7-9(3)11(16)14(18)19-4;1-4-18-12-9(13(17)19-5-2)14-11(16)10-8(3)6-7-15(10)12;1-3-16-11(15)8-6-13-5-4-7(2)9(13)10(14)12-8;1-3-12-5-6(8(10)11)7(9)13-4-2;1-5-3-4-8-6(5)7(9)10-2;1-4-8-7(9-5-2)10-6-3;1-2-9-4(6)3-5(7)8;1-3(5)7-4(2)6/h7-8,11-12H,5-6H2,1-4H3;7-8,10,12H,5-6,15H2,1-4H3;6-7,9,12H,4-5H2,1-3H3,(H,14,16);4-6H,3H2,1-2H3,(H,12,14);5H,3-4H2,1-2H3;3-4,8H,1-2H3;7H,4-6H2,1-3H3;2-3H2,1H3;1-2H3/b;;;;6-5-;;;;. The van der Waals surface area contributed by atoms with E-state index in [4.69, 9.17) is 62.6 Å². The smallest absolute Gasteiger partial charge is 0.413 e. The molecule has 0 saturated heterocycles. The molecule has 5 N–H and O–H groups in total. The van der Waals surface area contributed by atoms with E-state index in [1.807, 2.05) is 66.7 Å². The quantitative estimate of drug-likeness (QED) is 0.00430. The number of nitrogens with one attached hydrogen (secondary N) is 3. The van der Waals surface area contributed by atoms with Crippen molar-refractivity contribution in [2.24, 2.45) is 5.73 Å². The van der Waals surface area contributed by atoms with Crippen molar-refractivity contribution in [2.45, 2.75) is 182 Å². The molecule has 47 nitrogen and oxygen atoms in total. The lowest BCUT2D eigenvalue weighted by atomic mass is 10.1. The number of rotatable bonds is 36. The van der Waals surface area contributed by atoms with Gasteiger partial charge in [0.25, 0.3) is 24.5 Å². The number of nitrogens with zero attached hydrogens (tertiary/aromatic N) is 7. The number of carbonyl (C=O) groups is 12. The lowest BCUT2D eigenvalue weighted by Crippen LogP contribution is -2.53. The molecule has 7 rings (SSSR count). The minimum atomic E-state index is -1.80. The van der Waals surface area contributed by atoms with Gasteiger partial charge in [0.15, 0.2) is 24.8 Å². The first-order valence-electron chi connectivity index (χ1n) is 39.9. The Balaban J connectivity index is 0. The topological polar surface area (TPSA) is 597 Å². The van der Waals surface area contributed by atoms with Gasteiger partial charge in [-0.2, -0.15) is 0 Å². The zero-order valence-corrected chi connectivity index (χ0v) is 76.3. The summed E-state index contributed by atoms with van der Waals surface area (Å²) < 4.78 is 88.5. The van der Waals surface area contributed by atoms with Crippen molar-refractivity contribution in [1.82, 2.24) is 33.4 Å². The number of nitrogens with two attached hydrogens (primary N) is 1. The van der Waals surface area contributed by atoms with Gasteiger partial charge in [0, 0.05) is 101 Å². The Kier molecular flexibility index (Phi) is 59.0. The molecule has 128 heavy (non-hydrogen) atoms. The van der Waals surface area contributed by atoms with E-state index in [-0.39, 0.29) is 81.7 Å². The van der Waals surface area contributed by atoms with Gasteiger partial charge in [-0.25, -0.2) is 38.4 Å². The normalized spacial score (nSPS) is 12.9. The van der Waals surface area contributed by atoms with Gasteiger partial charge >= 0.3 is 77.4 Å². The molecule has 716 valence electrons. The number of H-pyrrole nitrogens is 2. The Hall–Kier alpha value is -13.1. The van der Waals surface area contributed by atoms with Gasteiger partial charge in [-0.3, -0.25) is 54.3 Å². The number of nitro groups is 3. The van der Waals surface area contributed by atoms with Crippen LogP contribution in [0.3, 0.4) is 0 Å². The molecule has 0 radical (unpaired) electrons. The van der Waals surface area contributed by atoms with E-state index < -0.39 is 130 Å². The van der Waals surface area contributed by atoms with Gasteiger partial charge in [0.05, 0.1) is 72.5 Å². The average molecular weight is 1820 g/mol. The highest BCUT2D eigenvalue weighted by atomic mass is 16.8. The third-order valence-corrected chi connectivity index (χ3v) is 15.7. The summed E-state index contributed by atoms with van der Waals surface area (Å²) in [6.45, 7) is 36.6. The lowest BCUT2D eigenvalue weighted by molar-refractivity contribution is -0.529. The number of amides is 1. The second-order valence-corrected chi connectivity index (χ2v) is 24.7. The van der Waals surface area contributed by atoms with Crippen molar-refractivity contribution in [2.75, 3.05) is 114 Å². The highest BCUT2D eigenvalue weighted by Crippen LogP contribution is 2.28. The summed E-state index contributed by atoms with van der Waals surface area (Å²) in [4.78, 5) is 180. The van der Waals surface area contributed by atoms with E-state index >= 15 is 0 Å². The first-order valence-corrected chi connectivity index (χ1v) is 39.9. The SMILES string of the molecule is CC(=O)OC(C)=O.CCO/C=C(/C(=O)OCC)[N+](=O)[O-].CCOC(=O)C(C(OCC)n1ccc(C)c1C(=O)OC)[N+](=O)[O-].CCOC(=O)C(N)C(OCC)n1ccc(C)c1C(=O)OC.CCOC(=O)C1NC(=O)c2c(C)ccn2C1OCC.CCOC(=O)C[N+](=O)[O-].CCOC(=O)c1cn2ccc(C)c2c(=O)[nH]1.CCOC(OCC)OCC.COC(=O)c1[nH]ccc1C. The molecule has 0 saturated carbocycles. The number of methoxy groups -OCH3 is 3. The maximum atomic E-state index is 12.0. The van der Waals surface area contributed by atoms with E-state index in [0.717, 1.165) is 23.0 Å². The fourth-order valence-electron chi connectivity index (χ4n) is 10.4. The van der Waals surface area contributed by atoms with Crippen molar-refractivity contribution >= 4 is 77.1 Å². The van der Waals surface area contributed by atoms with Crippen LogP contribution in [0.4, 0.5) is 0 Å². The van der Waals surface area contributed by atoms with Crippen molar-refractivity contribution in [3.8, 4) is 0 Å². The number of hydrogen-bond acceptors (Lipinski definition) is 37. The number of esters is 11. The lowest BCUT2D eigenvalue weighted by Gasteiger charge is -2.32. The molecule has 0 bridgehead atoms. The minimum Gasteiger partial charge on any atom is -0.494 e. The van der Waals surface area contributed by atoms with Crippen LogP contribution in [-0.4, -0.2) is 253 Å². The summed E-state index contributed by atoms with van der Waals surface area (Å²) in [5, 5.41) is 33.9. The van der Waals surface area contributed by atoms with E-state index in [2.05, 4.69) is 39.0 Å². The number of aromatic amines is 2. The molecule has 47 heteroatoms. The van der Waals surface area contributed by atoms with Gasteiger partial charge in [-0.15, -0.1) is 0 Å². The van der Waals surface area contributed by atoms with Gasteiger partial charge < -0.3 is 120 Å². The Morgan fingerprint density at radius 1 is 0.523 bits per heavy atom. The molecular weight excluding hydrogens is 1700 g/mol. The van der Waals surface area contributed by atoms with Crippen LogP contribution in [0, 0.1) is 65.0 Å². The van der Waals surface area contributed by atoms with Crippen molar-refractivity contribution in [3.63, 3.8) is 0 Å². The van der Waals surface area contributed by atoms with Gasteiger partial charge in [0.2, 0.25) is 6.23 Å². The zero-order valence-electron chi connectivity index (χ0n) is 76.3. The number of carbonyl (C=O) groups excluding carboxylic acids is 12. The number of ether oxygens (including phenoxy) is 17. The van der Waals surface area contributed by atoms with Gasteiger partial charge in [-0.1, -0.05) is 0 Å². The van der Waals surface area contributed by atoms with Crippen LogP contribution in [-0.2, 0) is 114 Å².